The van der Waals surface area contributed by atoms with Crippen molar-refractivity contribution in [2.45, 2.75) is 12.8 Å². The zero-order valence-corrected chi connectivity index (χ0v) is 12.7. The van der Waals surface area contributed by atoms with Crippen molar-refractivity contribution in [3.05, 3.63) is 65.5 Å². The van der Waals surface area contributed by atoms with E-state index in [1.807, 2.05) is 0 Å². The zero-order valence-electron chi connectivity index (χ0n) is 12.7. The Morgan fingerprint density at radius 2 is 1.72 bits per heavy atom. The molecule has 0 aliphatic carbocycles. The van der Waals surface area contributed by atoms with Gasteiger partial charge >= 0.3 is 12.1 Å². The van der Waals surface area contributed by atoms with Gasteiger partial charge in [0.15, 0.2) is 12.4 Å². The molecule has 0 fully saturated rings. The topological polar surface area (TPSA) is 78.1 Å². The molecule has 0 radical (unpaired) electrons. The third-order valence-corrected chi connectivity index (χ3v) is 3.46. The SMILES string of the molecule is Nc1nc(COC(=O)c2ccccc2C(F)(F)F)nc2ccccc12. The number of esters is 1. The highest BCUT2D eigenvalue weighted by Gasteiger charge is 2.35. The fraction of sp³-hybridized carbons (Fsp3) is 0.118. The van der Waals surface area contributed by atoms with Gasteiger partial charge < -0.3 is 10.5 Å². The minimum absolute atomic E-state index is 0.106. The molecule has 128 valence electrons. The van der Waals surface area contributed by atoms with Crippen molar-refractivity contribution in [3.63, 3.8) is 0 Å². The summed E-state index contributed by atoms with van der Waals surface area (Å²) in [6, 6.07) is 11.4. The van der Waals surface area contributed by atoms with Crippen LogP contribution in [0.5, 0.6) is 0 Å². The van der Waals surface area contributed by atoms with Crippen LogP contribution in [0.1, 0.15) is 21.7 Å². The van der Waals surface area contributed by atoms with E-state index in [2.05, 4.69) is 9.97 Å². The number of nitrogen functional groups attached to an aromatic ring is 1. The summed E-state index contributed by atoms with van der Waals surface area (Å²) in [7, 11) is 0. The molecule has 1 heterocycles. The average molecular weight is 347 g/mol. The van der Waals surface area contributed by atoms with E-state index in [9.17, 15) is 18.0 Å². The van der Waals surface area contributed by atoms with Crippen LogP contribution in [0.4, 0.5) is 19.0 Å². The van der Waals surface area contributed by atoms with Gasteiger partial charge in [-0.25, -0.2) is 14.8 Å². The number of nitrogens with zero attached hydrogens (tertiary/aromatic N) is 2. The van der Waals surface area contributed by atoms with Crippen molar-refractivity contribution in [1.82, 2.24) is 9.97 Å². The summed E-state index contributed by atoms with van der Waals surface area (Å²) in [5, 5.41) is 0.639. The lowest BCUT2D eigenvalue weighted by atomic mass is 10.1. The molecule has 0 spiro atoms. The fourth-order valence-electron chi connectivity index (χ4n) is 2.33. The molecule has 0 unspecified atom stereocenters. The number of carbonyl (C=O) groups excluding carboxylic acids is 1. The van der Waals surface area contributed by atoms with Crippen LogP contribution in [0, 0.1) is 0 Å². The first-order valence-electron chi connectivity index (χ1n) is 7.21. The standard InChI is InChI=1S/C17H12F3N3O2/c18-17(19,20)12-7-3-1-5-10(12)16(24)25-9-14-22-13-8-4-2-6-11(13)15(21)23-14/h1-8H,9H2,(H2,21,22,23). The lowest BCUT2D eigenvalue weighted by Gasteiger charge is -2.12. The highest BCUT2D eigenvalue weighted by atomic mass is 19.4. The summed E-state index contributed by atoms with van der Waals surface area (Å²) < 4.78 is 43.8. The minimum Gasteiger partial charge on any atom is -0.454 e. The minimum atomic E-state index is -4.65. The second-order valence-corrected chi connectivity index (χ2v) is 5.16. The number of benzene rings is 2. The first-order valence-corrected chi connectivity index (χ1v) is 7.21. The van der Waals surface area contributed by atoms with E-state index in [4.69, 9.17) is 10.5 Å². The Morgan fingerprint density at radius 1 is 1.04 bits per heavy atom. The molecule has 2 aromatic carbocycles. The molecule has 5 nitrogen and oxygen atoms in total. The second kappa shape index (κ2) is 6.39. The number of hydrogen-bond acceptors (Lipinski definition) is 5. The maximum Gasteiger partial charge on any atom is 0.417 e. The molecule has 3 aromatic rings. The zero-order chi connectivity index (χ0) is 18.0. The number of hydrogen-bond donors (Lipinski definition) is 1. The Bertz CT molecular complexity index is 942. The van der Waals surface area contributed by atoms with Gasteiger partial charge in [-0.1, -0.05) is 24.3 Å². The first-order chi connectivity index (χ1) is 11.9. The van der Waals surface area contributed by atoms with Crippen molar-refractivity contribution < 1.29 is 22.7 Å². The average Bonchev–Trinajstić information content (AvgIpc) is 2.59. The molecule has 0 saturated heterocycles. The van der Waals surface area contributed by atoms with Crippen molar-refractivity contribution in [1.29, 1.82) is 0 Å². The highest BCUT2D eigenvalue weighted by Crippen LogP contribution is 2.32. The van der Waals surface area contributed by atoms with E-state index in [1.165, 1.54) is 12.1 Å². The predicted molar refractivity (Wildman–Crippen MR) is 84.5 cm³/mol. The summed E-state index contributed by atoms with van der Waals surface area (Å²) in [6.07, 6.45) is -4.65. The Hall–Kier alpha value is -3.16. The summed E-state index contributed by atoms with van der Waals surface area (Å²) in [6.45, 7) is -0.389. The molecule has 3 rings (SSSR count). The molecule has 1 aromatic heterocycles. The third kappa shape index (κ3) is 3.52. The number of halogens is 3. The molecule has 0 saturated carbocycles. The smallest absolute Gasteiger partial charge is 0.417 e. The van der Waals surface area contributed by atoms with Crippen LogP contribution >= 0.6 is 0 Å². The maximum absolute atomic E-state index is 13.0. The molecule has 0 aliphatic heterocycles. The van der Waals surface area contributed by atoms with Gasteiger partial charge in [-0.2, -0.15) is 13.2 Å². The molecule has 0 atom stereocenters. The van der Waals surface area contributed by atoms with Crippen molar-refractivity contribution in [2.24, 2.45) is 0 Å². The summed E-state index contributed by atoms with van der Waals surface area (Å²) >= 11 is 0. The fourth-order valence-corrected chi connectivity index (χ4v) is 2.33. The van der Waals surface area contributed by atoms with Gasteiger partial charge in [-0.3, -0.25) is 0 Å². The first kappa shape index (κ1) is 16.7. The Kier molecular flexibility index (Phi) is 4.26. The van der Waals surface area contributed by atoms with Crippen LogP contribution in [-0.4, -0.2) is 15.9 Å². The predicted octanol–water partition coefficient (Wildman–Crippen LogP) is 3.59. The van der Waals surface area contributed by atoms with E-state index in [0.29, 0.717) is 10.9 Å². The van der Waals surface area contributed by atoms with Gasteiger partial charge in [0.2, 0.25) is 0 Å². The number of aromatic nitrogens is 2. The lowest BCUT2D eigenvalue weighted by Crippen LogP contribution is -2.15. The van der Waals surface area contributed by atoms with Crippen molar-refractivity contribution >= 4 is 22.7 Å². The Morgan fingerprint density at radius 3 is 2.48 bits per heavy atom. The van der Waals surface area contributed by atoms with E-state index < -0.39 is 23.3 Å². The molecule has 8 heteroatoms. The largest absolute Gasteiger partial charge is 0.454 e. The second-order valence-electron chi connectivity index (χ2n) is 5.16. The molecule has 0 aliphatic rings. The number of para-hydroxylation sites is 1. The number of rotatable bonds is 3. The van der Waals surface area contributed by atoms with Crippen LogP contribution in [-0.2, 0) is 17.5 Å². The Balaban J connectivity index is 1.82. The van der Waals surface area contributed by atoms with Gasteiger partial charge in [0.05, 0.1) is 16.6 Å². The van der Waals surface area contributed by atoms with Crippen LogP contribution in [0.3, 0.4) is 0 Å². The number of fused-ring (bicyclic) bond motifs is 1. The molecular formula is C17H12F3N3O2. The van der Waals surface area contributed by atoms with Gasteiger partial charge in [-0.05, 0) is 24.3 Å². The van der Waals surface area contributed by atoms with Crippen molar-refractivity contribution in [3.8, 4) is 0 Å². The molecule has 0 bridgehead atoms. The molecular weight excluding hydrogens is 335 g/mol. The number of ether oxygens (including phenoxy) is 1. The lowest BCUT2D eigenvalue weighted by molar-refractivity contribution is -0.138. The van der Waals surface area contributed by atoms with E-state index in [0.717, 1.165) is 12.1 Å². The number of anilines is 1. The monoisotopic (exact) mass is 347 g/mol. The van der Waals surface area contributed by atoms with Crippen LogP contribution in [0.25, 0.3) is 10.9 Å². The summed E-state index contributed by atoms with van der Waals surface area (Å²) in [5.41, 5.74) is 4.75. The van der Waals surface area contributed by atoms with E-state index >= 15 is 0 Å². The Labute approximate surface area is 140 Å². The van der Waals surface area contributed by atoms with E-state index in [-0.39, 0.29) is 18.2 Å². The van der Waals surface area contributed by atoms with E-state index in [1.54, 1.807) is 24.3 Å². The molecule has 2 N–H and O–H groups in total. The number of nitrogens with two attached hydrogens (primary N) is 1. The summed E-state index contributed by atoms with van der Waals surface area (Å²) in [5.74, 6) is -0.801. The highest BCUT2D eigenvalue weighted by molar-refractivity contribution is 5.91. The normalized spacial score (nSPS) is 11.5. The van der Waals surface area contributed by atoms with Crippen LogP contribution in [0.2, 0.25) is 0 Å². The van der Waals surface area contributed by atoms with Gasteiger partial charge in [0.1, 0.15) is 5.82 Å². The van der Waals surface area contributed by atoms with Gasteiger partial charge in [0.25, 0.3) is 0 Å². The van der Waals surface area contributed by atoms with Crippen LogP contribution < -0.4 is 5.73 Å². The van der Waals surface area contributed by atoms with Crippen LogP contribution in [0.15, 0.2) is 48.5 Å². The number of alkyl halides is 3. The van der Waals surface area contributed by atoms with Gasteiger partial charge in [-0.15, -0.1) is 0 Å². The molecule has 0 amide bonds. The van der Waals surface area contributed by atoms with Gasteiger partial charge in [0, 0.05) is 5.39 Å². The third-order valence-electron chi connectivity index (χ3n) is 3.46. The molecule has 25 heavy (non-hydrogen) atoms. The maximum atomic E-state index is 13.0. The quantitative estimate of drug-likeness (QED) is 0.733. The number of carbonyl (C=O) groups is 1. The summed E-state index contributed by atoms with van der Waals surface area (Å²) in [4.78, 5) is 20.2. The van der Waals surface area contributed by atoms with Crippen molar-refractivity contribution in [2.75, 3.05) is 5.73 Å².